The van der Waals surface area contributed by atoms with Gasteiger partial charge in [-0.1, -0.05) is 37.3 Å². The van der Waals surface area contributed by atoms with E-state index in [2.05, 4.69) is 25.0 Å². The summed E-state index contributed by atoms with van der Waals surface area (Å²) in [5, 5.41) is 9.93. The molecule has 0 radical (unpaired) electrons. The number of thioether (sulfide) groups is 1. The minimum Gasteiger partial charge on any atom is -0.395 e. The molecule has 3 unspecified atom stereocenters. The van der Waals surface area contributed by atoms with E-state index in [1.165, 1.54) is 0 Å². The van der Waals surface area contributed by atoms with Gasteiger partial charge in [0.05, 0.1) is 36.4 Å². The van der Waals surface area contributed by atoms with Gasteiger partial charge in [-0.3, -0.25) is 19.3 Å². The van der Waals surface area contributed by atoms with Crippen LogP contribution in [0.25, 0.3) is 0 Å². The van der Waals surface area contributed by atoms with Gasteiger partial charge in [0.15, 0.2) is 0 Å². The first-order valence-electron chi connectivity index (χ1n) is 14.6. The van der Waals surface area contributed by atoms with Crippen molar-refractivity contribution in [3.05, 3.63) is 55.6 Å². The molecule has 222 valence electrons. The molecule has 0 aliphatic carbocycles. The standard InChI is InChI=1S/C31H42N4O5S/c1-4-11-33(14-13-32-16-19-40-20-17-32)30(39)27-31-22(3)21-24(41-31)25(26(31)29(38)35(27)15-18-36)28(37)34(12-5-2)23-9-7-6-8-10-23/h4-10,22,24-27,36H,1-2,11-21H2,3H3/t22?,24-,25+,26+,27?,31?/m1/s1. The van der Waals surface area contributed by atoms with E-state index in [9.17, 15) is 19.5 Å². The van der Waals surface area contributed by atoms with Crippen LogP contribution in [0.1, 0.15) is 13.3 Å². The number of aliphatic hydroxyl groups is 1. The van der Waals surface area contributed by atoms with Crippen molar-refractivity contribution in [1.29, 1.82) is 0 Å². The van der Waals surface area contributed by atoms with Crippen LogP contribution in [0.4, 0.5) is 5.69 Å². The summed E-state index contributed by atoms with van der Waals surface area (Å²) in [6, 6.07) is 8.72. The van der Waals surface area contributed by atoms with Crippen molar-refractivity contribution in [2.75, 3.05) is 70.5 Å². The lowest BCUT2D eigenvalue weighted by atomic mass is 9.65. The van der Waals surface area contributed by atoms with Crippen molar-refractivity contribution in [2.24, 2.45) is 17.8 Å². The molecule has 41 heavy (non-hydrogen) atoms. The summed E-state index contributed by atoms with van der Waals surface area (Å²) >= 11 is 1.66. The second-order valence-corrected chi connectivity index (χ2v) is 13.0. The van der Waals surface area contributed by atoms with Gasteiger partial charge in [0.25, 0.3) is 0 Å². The summed E-state index contributed by atoms with van der Waals surface area (Å²) in [5.74, 6) is -1.55. The molecule has 0 aromatic heterocycles. The van der Waals surface area contributed by atoms with Crippen LogP contribution in [0.5, 0.6) is 0 Å². The van der Waals surface area contributed by atoms with E-state index in [4.69, 9.17) is 4.74 Å². The number of para-hydroxylation sites is 1. The number of β-amino-alcohol motifs (C(OH)–C–C–N with tert-alkyl or cyclic N) is 1. The van der Waals surface area contributed by atoms with Gasteiger partial charge in [-0.2, -0.15) is 0 Å². The smallest absolute Gasteiger partial charge is 0.247 e. The van der Waals surface area contributed by atoms with Gasteiger partial charge < -0.3 is 24.5 Å². The van der Waals surface area contributed by atoms with Crippen LogP contribution in [-0.4, -0.2) is 119 Å². The summed E-state index contributed by atoms with van der Waals surface area (Å²) < 4.78 is 4.74. The number of fused-ring (bicyclic) bond motifs is 1. The number of carbonyl (C=O) groups is 3. The summed E-state index contributed by atoms with van der Waals surface area (Å²) in [7, 11) is 0. The zero-order valence-corrected chi connectivity index (χ0v) is 24.7. The Balaban J connectivity index is 1.47. The van der Waals surface area contributed by atoms with E-state index < -0.39 is 22.6 Å². The highest BCUT2D eigenvalue weighted by Gasteiger charge is 2.76. The van der Waals surface area contributed by atoms with E-state index in [1.54, 1.807) is 38.6 Å². The number of hydrogen-bond acceptors (Lipinski definition) is 7. The second kappa shape index (κ2) is 12.7. The average Bonchev–Trinajstić information content (AvgIpc) is 3.58. The molecule has 9 nitrogen and oxygen atoms in total. The maximum atomic E-state index is 14.5. The third-order valence-electron chi connectivity index (χ3n) is 9.20. The van der Waals surface area contributed by atoms with Crippen LogP contribution < -0.4 is 4.90 Å². The molecule has 4 fully saturated rings. The van der Waals surface area contributed by atoms with Crippen molar-refractivity contribution in [3.8, 4) is 0 Å². The molecule has 1 spiro atoms. The molecule has 1 aromatic rings. The van der Waals surface area contributed by atoms with E-state index in [1.807, 2.05) is 30.3 Å². The topological polar surface area (TPSA) is 93.6 Å². The molecule has 10 heteroatoms. The second-order valence-electron chi connectivity index (χ2n) is 11.4. The Morgan fingerprint density at radius 3 is 2.49 bits per heavy atom. The van der Waals surface area contributed by atoms with Crippen molar-refractivity contribution in [3.63, 3.8) is 0 Å². The maximum Gasteiger partial charge on any atom is 0.247 e. The largest absolute Gasteiger partial charge is 0.395 e. The predicted octanol–water partition coefficient (Wildman–Crippen LogP) is 1.88. The van der Waals surface area contributed by atoms with Crippen LogP contribution in [0.3, 0.4) is 0 Å². The van der Waals surface area contributed by atoms with Gasteiger partial charge in [0.1, 0.15) is 6.04 Å². The van der Waals surface area contributed by atoms with Gasteiger partial charge in [-0.25, -0.2) is 0 Å². The molecule has 4 heterocycles. The normalized spacial score (nSPS) is 30.7. The number of rotatable bonds is 12. The maximum absolute atomic E-state index is 14.5. The van der Waals surface area contributed by atoms with Gasteiger partial charge >= 0.3 is 0 Å². The zero-order chi connectivity index (χ0) is 29.1. The van der Waals surface area contributed by atoms with Crippen molar-refractivity contribution < 1.29 is 24.2 Å². The SMILES string of the molecule is C=CCN(CCN1CCOCC1)C(=O)C1N(CCO)C(=O)[C@@H]2[C@@H](C(=O)N(CC=C)c3ccccc3)[C@H]3CC(C)C12S3. The third kappa shape index (κ3) is 5.24. The molecule has 6 atom stereocenters. The number of nitrogens with zero attached hydrogens (tertiary/aromatic N) is 4. The monoisotopic (exact) mass is 582 g/mol. The first-order valence-corrected chi connectivity index (χ1v) is 15.5. The fourth-order valence-corrected chi connectivity index (χ4v) is 9.78. The molecular weight excluding hydrogens is 540 g/mol. The highest BCUT2D eigenvalue weighted by Crippen LogP contribution is 2.68. The number of carbonyl (C=O) groups excluding carboxylic acids is 3. The fraction of sp³-hybridized carbons (Fsp3) is 0.581. The average molecular weight is 583 g/mol. The first-order chi connectivity index (χ1) is 19.9. The Bertz CT molecular complexity index is 1140. The molecule has 4 aliphatic rings. The van der Waals surface area contributed by atoms with E-state index in [0.29, 0.717) is 39.4 Å². The number of ether oxygens (including phenoxy) is 1. The Hall–Kier alpha value is -2.66. The van der Waals surface area contributed by atoms with Crippen LogP contribution in [0, 0.1) is 17.8 Å². The van der Waals surface area contributed by atoms with Gasteiger partial charge in [-0.05, 0) is 24.5 Å². The molecule has 4 saturated heterocycles. The number of anilines is 1. The molecular formula is C31H42N4O5S. The number of hydrogen-bond donors (Lipinski definition) is 1. The molecule has 3 amide bonds. The number of likely N-dealkylation sites (tertiary alicyclic amines) is 1. The molecule has 5 rings (SSSR count). The van der Waals surface area contributed by atoms with Crippen LogP contribution in [0.2, 0.25) is 0 Å². The molecule has 4 aliphatic heterocycles. The van der Waals surface area contributed by atoms with Crippen molar-refractivity contribution in [2.45, 2.75) is 29.4 Å². The van der Waals surface area contributed by atoms with Crippen molar-refractivity contribution >= 4 is 35.2 Å². The molecule has 0 saturated carbocycles. The Morgan fingerprint density at radius 2 is 1.83 bits per heavy atom. The Morgan fingerprint density at radius 1 is 1.12 bits per heavy atom. The fourth-order valence-electron chi connectivity index (χ4n) is 7.38. The predicted molar refractivity (Wildman–Crippen MR) is 160 cm³/mol. The lowest BCUT2D eigenvalue weighted by Gasteiger charge is -2.41. The number of morpholine rings is 1. The highest BCUT2D eigenvalue weighted by atomic mass is 32.2. The lowest BCUT2D eigenvalue weighted by Crippen LogP contribution is -2.58. The number of benzene rings is 1. The third-order valence-corrected chi connectivity index (χ3v) is 11.3. The van der Waals surface area contributed by atoms with E-state index in [-0.39, 0.29) is 42.0 Å². The lowest BCUT2D eigenvalue weighted by molar-refractivity contribution is -0.143. The number of aliphatic hydroxyl groups excluding tert-OH is 1. The summed E-state index contributed by atoms with van der Waals surface area (Å²) in [6.07, 6.45) is 4.18. The van der Waals surface area contributed by atoms with E-state index >= 15 is 0 Å². The molecule has 1 N–H and O–H groups in total. The Kier molecular flexibility index (Phi) is 9.23. The summed E-state index contributed by atoms with van der Waals surface area (Å²) in [4.78, 5) is 50.4. The quantitative estimate of drug-likeness (QED) is 0.376. The Labute approximate surface area is 247 Å². The molecule has 2 bridgehead atoms. The van der Waals surface area contributed by atoms with Crippen LogP contribution in [0.15, 0.2) is 55.6 Å². The highest BCUT2D eigenvalue weighted by molar-refractivity contribution is 8.02. The summed E-state index contributed by atoms with van der Waals surface area (Å²) in [6.45, 7) is 14.6. The zero-order valence-electron chi connectivity index (χ0n) is 23.9. The van der Waals surface area contributed by atoms with Crippen LogP contribution >= 0.6 is 11.8 Å². The minimum atomic E-state index is -0.746. The van der Waals surface area contributed by atoms with E-state index in [0.717, 1.165) is 25.2 Å². The van der Waals surface area contributed by atoms with Gasteiger partial charge in [0, 0.05) is 56.8 Å². The first kappa shape index (κ1) is 29.8. The van der Waals surface area contributed by atoms with Crippen LogP contribution in [-0.2, 0) is 19.1 Å². The number of amides is 3. The summed E-state index contributed by atoms with van der Waals surface area (Å²) in [5.41, 5.74) is 0.762. The van der Waals surface area contributed by atoms with Gasteiger partial charge in [-0.15, -0.1) is 24.9 Å². The van der Waals surface area contributed by atoms with Gasteiger partial charge in [0.2, 0.25) is 17.7 Å². The molecule has 1 aromatic carbocycles. The minimum absolute atomic E-state index is 0.0579. The van der Waals surface area contributed by atoms with Crippen molar-refractivity contribution in [1.82, 2.24) is 14.7 Å².